The average Bonchev–Trinajstić information content (AvgIpc) is 3.05. The zero-order chi connectivity index (χ0) is 15.9. The summed E-state index contributed by atoms with van der Waals surface area (Å²) in [5, 5.41) is 7.55. The van der Waals surface area contributed by atoms with Crippen LogP contribution in [-0.2, 0) is 6.54 Å². The molecule has 0 radical (unpaired) electrons. The number of carbonyl (C=O) groups excluding carboxylic acids is 1. The van der Waals surface area contributed by atoms with E-state index in [-0.39, 0.29) is 24.5 Å². The Hall–Kier alpha value is -1.99. The minimum atomic E-state index is -0.259. The van der Waals surface area contributed by atoms with Gasteiger partial charge in [-0.25, -0.2) is 9.78 Å². The van der Waals surface area contributed by atoms with Gasteiger partial charge >= 0.3 is 6.03 Å². The van der Waals surface area contributed by atoms with Crippen molar-refractivity contribution >= 4 is 29.8 Å². The minimum Gasteiger partial charge on any atom is -0.497 e. The molecule has 2 N–H and O–H groups in total. The Balaban J connectivity index is 0.00000264. The quantitative estimate of drug-likeness (QED) is 0.833. The number of rotatable bonds is 6. The third kappa shape index (κ3) is 5.30. The number of urea groups is 1. The van der Waals surface area contributed by atoms with Crippen LogP contribution >= 0.6 is 23.7 Å². The van der Waals surface area contributed by atoms with Crippen LogP contribution in [0.15, 0.2) is 29.1 Å². The molecule has 0 saturated carbocycles. The monoisotopic (exact) mass is 357 g/mol. The van der Waals surface area contributed by atoms with Crippen molar-refractivity contribution < 1.29 is 14.3 Å². The summed E-state index contributed by atoms with van der Waals surface area (Å²) in [7, 11) is 3.20. The molecule has 0 spiro atoms. The number of methoxy groups -OCH3 is 2. The molecule has 1 atom stereocenters. The Bertz CT molecular complexity index is 622. The highest BCUT2D eigenvalue weighted by atomic mass is 35.5. The smallest absolute Gasteiger partial charge is 0.315 e. The van der Waals surface area contributed by atoms with Crippen LogP contribution in [-0.4, -0.2) is 25.2 Å². The van der Waals surface area contributed by atoms with E-state index in [1.54, 1.807) is 19.7 Å². The van der Waals surface area contributed by atoms with Gasteiger partial charge in [0, 0.05) is 10.9 Å². The van der Waals surface area contributed by atoms with Gasteiger partial charge in [-0.15, -0.1) is 23.7 Å². The minimum absolute atomic E-state index is 0. The van der Waals surface area contributed by atoms with Crippen molar-refractivity contribution in [1.29, 1.82) is 0 Å². The number of aromatic nitrogens is 1. The van der Waals surface area contributed by atoms with Crippen LogP contribution < -0.4 is 20.1 Å². The second kappa shape index (κ2) is 9.22. The molecule has 0 bridgehead atoms. The maximum Gasteiger partial charge on any atom is 0.315 e. The van der Waals surface area contributed by atoms with Gasteiger partial charge in [-0.1, -0.05) is 0 Å². The van der Waals surface area contributed by atoms with E-state index < -0.39 is 0 Å². The van der Waals surface area contributed by atoms with Crippen molar-refractivity contribution in [3.8, 4) is 11.5 Å². The summed E-state index contributed by atoms with van der Waals surface area (Å²) < 4.78 is 10.5. The first-order chi connectivity index (χ1) is 10.6. The predicted molar refractivity (Wildman–Crippen MR) is 92.7 cm³/mol. The van der Waals surface area contributed by atoms with Crippen molar-refractivity contribution in [2.45, 2.75) is 19.5 Å². The molecule has 6 nitrogen and oxygen atoms in total. The van der Waals surface area contributed by atoms with Crippen molar-refractivity contribution in [3.05, 3.63) is 40.3 Å². The lowest BCUT2D eigenvalue weighted by Gasteiger charge is -2.18. The molecule has 2 rings (SSSR count). The number of benzene rings is 1. The number of thiazole rings is 1. The highest BCUT2D eigenvalue weighted by Gasteiger charge is 2.15. The van der Waals surface area contributed by atoms with Crippen LogP contribution in [0.5, 0.6) is 11.5 Å². The summed E-state index contributed by atoms with van der Waals surface area (Å²) in [5.41, 5.74) is 3.43. The molecule has 0 aliphatic rings. The summed E-state index contributed by atoms with van der Waals surface area (Å²) in [4.78, 5) is 16.1. The van der Waals surface area contributed by atoms with Gasteiger partial charge in [-0.3, -0.25) is 0 Å². The molecule has 1 heterocycles. The topological polar surface area (TPSA) is 72.5 Å². The highest BCUT2D eigenvalue weighted by Crippen LogP contribution is 2.29. The maximum absolute atomic E-state index is 12.0. The fourth-order valence-corrected chi connectivity index (χ4v) is 2.56. The SMILES string of the molecule is COc1ccc(OC)c(C(C)NC(=O)NCc2cscn2)c1.Cl. The van der Waals surface area contributed by atoms with Gasteiger partial charge in [0.15, 0.2) is 0 Å². The second-order valence-corrected chi connectivity index (χ2v) is 5.36. The standard InChI is InChI=1S/C15H19N3O3S.ClH/c1-10(13-6-12(20-2)4-5-14(13)21-3)18-15(19)16-7-11-8-22-9-17-11;/h4-6,8-10H,7H2,1-3H3,(H2,16,18,19);1H. The molecule has 0 aliphatic carbocycles. The van der Waals surface area contributed by atoms with E-state index in [9.17, 15) is 4.79 Å². The number of hydrogen-bond acceptors (Lipinski definition) is 5. The van der Waals surface area contributed by atoms with Gasteiger partial charge in [-0.2, -0.15) is 0 Å². The molecule has 1 aromatic carbocycles. The Labute approximate surface area is 145 Å². The lowest BCUT2D eigenvalue weighted by molar-refractivity contribution is 0.237. The van der Waals surface area contributed by atoms with Crippen LogP contribution in [0.2, 0.25) is 0 Å². The molecule has 1 aromatic heterocycles. The number of amides is 2. The zero-order valence-electron chi connectivity index (χ0n) is 13.2. The van der Waals surface area contributed by atoms with Crippen LogP contribution in [0.4, 0.5) is 4.79 Å². The van der Waals surface area contributed by atoms with E-state index in [0.717, 1.165) is 11.3 Å². The fraction of sp³-hybridized carbons (Fsp3) is 0.333. The first kappa shape index (κ1) is 19.1. The molecule has 1 unspecified atom stereocenters. The van der Waals surface area contributed by atoms with E-state index in [0.29, 0.717) is 18.0 Å². The van der Waals surface area contributed by atoms with Gasteiger partial charge in [0.2, 0.25) is 0 Å². The van der Waals surface area contributed by atoms with Gasteiger partial charge in [0.25, 0.3) is 0 Å². The summed E-state index contributed by atoms with van der Waals surface area (Å²) in [5.74, 6) is 1.42. The summed E-state index contributed by atoms with van der Waals surface area (Å²) in [6, 6.07) is 5.01. The third-order valence-corrected chi connectivity index (χ3v) is 3.80. The third-order valence-electron chi connectivity index (χ3n) is 3.16. The summed E-state index contributed by atoms with van der Waals surface area (Å²) in [6.07, 6.45) is 0. The molecule has 0 fully saturated rings. The normalized spacial score (nSPS) is 11.1. The van der Waals surface area contributed by atoms with Gasteiger partial charge < -0.3 is 20.1 Å². The molecule has 0 aliphatic heterocycles. The average molecular weight is 358 g/mol. The summed E-state index contributed by atoms with van der Waals surface area (Å²) >= 11 is 1.50. The number of nitrogens with zero attached hydrogens (tertiary/aromatic N) is 1. The van der Waals surface area contributed by atoms with E-state index >= 15 is 0 Å². The van der Waals surface area contributed by atoms with E-state index in [2.05, 4.69) is 15.6 Å². The predicted octanol–water partition coefficient (Wildman–Crippen LogP) is 3.14. The van der Waals surface area contributed by atoms with E-state index in [4.69, 9.17) is 9.47 Å². The molecule has 0 saturated heterocycles. The zero-order valence-corrected chi connectivity index (χ0v) is 14.8. The Kier molecular flexibility index (Phi) is 7.64. The van der Waals surface area contributed by atoms with Crippen molar-refractivity contribution in [1.82, 2.24) is 15.6 Å². The van der Waals surface area contributed by atoms with E-state index in [1.165, 1.54) is 11.3 Å². The van der Waals surface area contributed by atoms with Gasteiger partial charge in [-0.05, 0) is 25.1 Å². The van der Waals surface area contributed by atoms with Gasteiger partial charge in [0.1, 0.15) is 11.5 Å². The van der Waals surface area contributed by atoms with Gasteiger partial charge in [0.05, 0.1) is 38.0 Å². The number of halogens is 1. The summed E-state index contributed by atoms with van der Waals surface area (Å²) in [6.45, 7) is 2.29. The molecular weight excluding hydrogens is 338 g/mol. The Morgan fingerprint density at radius 1 is 1.35 bits per heavy atom. The molecule has 2 aromatic rings. The number of ether oxygens (including phenoxy) is 2. The van der Waals surface area contributed by atoms with E-state index in [1.807, 2.05) is 30.5 Å². The van der Waals surface area contributed by atoms with Crippen LogP contribution in [0, 0.1) is 0 Å². The molecule has 8 heteroatoms. The lowest BCUT2D eigenvalue weighted by atomic mass is 10.1. The first-order valence-corrected chi connectivity index (χ1v) is 7.71. The molecule has 2 amide bonds. The largest absolute Gasteiger partial charge is 0.497 e. The number of hydrogen-bond donors (Lipinski definition) is 2. The van der Waals surface area contributed by atoms with Crippen molar-refractivity contribution in [2.75, 3.05) is 14.2 Å². The highest BCUT2D eigenvalue weighted by molar-refractivity contribution is 7.07. The number of carbonyl (C=O) groups is 1. The lowest BCUT2D eigenvalue weighted by Crippen LogP contribution is -2.36. The fourth-order valence-electron chi connectivity index (χ4n) is 2.00. The van der Waals surface area contributed by atoms with Crippen molar-refractivity contribution in [2.24, 2.45) is 0 Å². The maximum atomic E-state index is 12.0. The molecule has 23 heavy (non-hydrogen) atoms. The molecular formula is C15H20ClN3O3S. The molecule has 126 valence electrons. The number of nitrogens with one attached hydrogen (secondary N) is 2. The van der Waals surface area contributed by atoms with Crippen molar-refractivity contribution in [3.63, 3.8) is 0 Å². The Morgan fingerprint density at radius 3 is 2.74 bits per heavy atom. The second-order valence-electron chi connectivity index (χ2n) is 4.64. The Morgan fingerprint density at radius 2 is 2.13 bits per heavy atom. The first-order valence-electron chi connectivity index (χ1n) is 6.77. The van der Waals surface area contributed by atoms with Crippen LogP contribution in [0.3, 0.4) is 0 Å². The van der Waals surface area contributed by atoms with Crippen LogP contribution in [0.1, 0.15) is 24.2 Å². The van der Waals surface area contributed by atoms with Crippen LogP contribution in [0.25, 0.3) is 0 Å².